The minimum Gasteiger partial charge on any atom is -0.339 e. The van der Waals surface area contributed by atoms with Gasteiger partial charge < -0.3 is 14.4 Å². The number of amides is 1. The molecule has 1 aliphatic rings. The molecule has 0 spiro atoms. The number of hydrogen-bond donors (Lipinski definition) is 0. The molecule has 1 saturated heterocycles. The van der Waals surface area contributed by atoms with E-state index in [1.54, 1.807) is 0 Å². The van der Waals surface area contributed by atoms with Crippen LogP contribution in [0.1, 0.15) is 19.4 Å². The van der Waals surface area contributed by atoms with E-state index in [2.05, 4.69) is 28.5 Å². The Kier molecular flexibility index (Phi) is 6.66. The van der Waals surface area contributed by atoms with Crippen molar-refractivity contribution in [3.63, 3.8) is 0 Å². The molecule has 1 amide bonds. The number of halogens is 1. The van der Waals surface area contributed by atoms with Crippen molar-refractivity contribution in [3.05, 3.63) is 59.1 Å². The minimum absolute atomic E-state index is 0.187. The molecular weight excluding hydrogens is 416 g/mol. The number of imidazole rings is 1. The molecule has 5 nitrogen and oxygen atoms in total. The molecule has 0 saturated carbocycles. The fraction of sp³-hybridized carbons (Fsp3) is 0.391. The van der Waals surface area contributed by atoms with Crippen LogP contribution in [0.3, 0.4) is 0 Å². The summed E-state index contributed by atoms with van der Waals surface area (Å²) in [4.78, 5) is 22.3. The quantitative estimate of drug-likeness (QED) is 0.531. The Hall–Kier alpha value is -2.02. The van der Waals surface area contributed by atoms with Gasteiger partial charge in [0.1, 0.15) is 0 Å². The highest BCUT2D eigenvalue weighted by Gasteiger charge is 2.26. The Morgan fingerprint density at radius 1 is 1.13 bits per heavy atom. The van der Waals surface area contributed by atoms with Gasteiger partial charge in [-0.3, -0.25) is 4.79 Å². The van der Waals surface area contributed by atoms with E-state index < -0.39 is 0 Å². The maximum Gasteiger partial charge on any atom is 0.235 e. The van der Waals surface area contributed by atoms with Crippen LogP contribution in [0.2, 0.25) is 5.02 Å². The zero-order valence-corrected chi connectivity index (χ0v) is 19.0. The second-order valence-electron chi connectivity index (χ2n) is 7.62. The van der Waals surface area contributed by atoms with Crippen molar-refractivity contribution in [3.8, 4) is 0 Å². The van der Waals surface area contributed by atoms with Crippen LogP contribution in [-0.2, 0) is 11.3 Å². The third-order valence-corrected chi connectivity index (χ3v) is 6.93. The van der Waals surface area contributed by atoms with Gasteiger partial charge in [-0.05, 0) is 37.2 Å². The Labute approximate surface area is 187 Å². The Bertz CT molecular complexity index is 1010. The first-order valence-electron chi connectivity index (χ1n) is 10.4. The number of hydrogen-bond acceptors (Lipinski definition) is 4. The molecule has 1 aromatic heterocycles. The maximum atomic E-state index is 13.1. The summed E-state index contributed by atoms with van der Waals surface area (Å²) in [5.41, 5.74) is 3.09. The normalized spacial score (nSPS) is 16.2. The van der Waals surface area contributed by atoms with E-state index in [1.165, 1.54) is 17.3 Å². The van der Waals surface area contributed by atoms with Crippen LogP contribution in [0.5, 0.6) is 0 Å². The maximum absolute atomic E-state index is 13.1. The van der Waals surface area contributed by atoms with E-state index in [-0.39, 0.29) is 11.2 Å². The number of carbonyl (C=O) groups is 1. The van der Waals surface area contributed by atoms with Gasteiger partial charge >= 0.3 is 0 Å². The average molecular weight is 443 g/mol. The van der Waals surface area contributed by atoms with Crippen molar-refractivity contribution < 1.29 is 4.79 Å². The summed E-state index contributed by atoms with van der Waals surface area (Å²) in [5, 5.41) is 1.32. The number of rotatable bonds is 6. The summed E-state index contributed by atoms with van der Waals surface area (Å²) in [5.74, 6) is 0.187. The highest BCUT2D eigenvalue weighted by atomic mass is 35.5. The number of carbonyl (C=O) groups excluding carboxylic acids is 1. The van der Waals surface area contributed by atoms with Gasteiger partial charge in [-0.25, -0.2) is 4.98 Å². The molecule has 3 aromatic rings. The van der Waals surface area contributed by atoms with Gasteiger partial charge in [-0.1, -0.05) is 60.6 Å². The third kappa shape index (κ3) is 4.66. The third-order valence-electron chi connectivity index (χ3n) is 5.62. The van der Waals surface area contributed by atoms with E-state index in [0.717, 1.165) is 48.9 Å². The molecule has 0 bridgehead atoms. The molecule has 0 aliphatic carbocycles. The standard InChI is InChI=1S/C23H27ClN4OS/c1-3-26-11-13-27(14-12-26)22(29)17(2)30-23-25-20-15-19(24)9-10-21(20)28(23)16-18-7-5-4-6-8-18/h4-10,15,17H,3,11-14,16H2,1-2H3. The summed E-state index contributed by atoms with van der Waals surface area (Å²) in [6.07, 6.45) is 0. The number of nitrogens with zero attached hydrogens (tertiary/aromatic N) is 4. The smallest absolute Gasteiger partial charge is 0.235 e. The van der Waals surface area contributed by atoms with Crippen LogP contribution in [0.4, 0.5) is 0 Å². The summed E-state index contributed by atoms with van der Waals surface area (Å²) in [6, 6.07) is 16.1. The molecule has 158 valence electrons. The number of thioether (sulfide) groups is 1. The Morgan fingerprint density at radius 3 is 2.57 bits per heavy atom. The molecule has 1 atom stereocenters. The van der Waals surface area contributed by atoms with Crippen molar-refractivity contribution in [2.75, 3.05) is 32.7 Å². The zero-order chi connectivity index (χ0) is 21.1. The fourth-order valence-corrected chi connectivity index (χ4v) is 5.01. The highest BCUT2D eigenvalue weighted by Crippen LogP contribution is 2.30. The molecule has 4 rings (SSSR count). The van der Waals surface area contributed by atoms with Gasteiger partial charge in [0, 0.05) is 31.2 Å². The van der Waals surface area contributed by atoms with Gasteiger partial charge in [-0.2, -0.15) is 0 Å². The van der Waals surface area contributed by atoms with Gasteiger partial charge in [0.2, 0.25) is 5.91 Å². The van der Waals surface area contributed by atoms with Crippen molar-refractivity contribution >= 4 is 40.3 Å². The molecule has 2 aromatic carbocycles. The van der Waals surface area contributed by atoms with E-state index in [1.807, 2.05) is 48.2 Å². The Morgan fingerprint density at radius 2 is 1.87 bits per heavy atom. The summed E-state index contributed by atoms with van der Waals surface area (Å²) in [7, 11) is 0. The lowest BCUT2D eigenvalue weighted by atomic mass is 10.2. The van der Waals surface area contributed by atoms with Crippen molar-refractivity contribution in [2.45, 2.75) is 30.8 Å². The van der Waals surface area contributed by atoms with Crippen LogP contribution in [0.25, 0.3) is 11.0 Å². The summed E-state index contributed by atoms with van der Waals surface area (Å²) < 4.78 is 2.18. The lowest BCUT2D eigenvalue weighted by Crippen LogP contribution is -2.50. The minimum atomic E-state index is -0.194. The predicted molar refractivity (Wildman–Crippen MR) is 124 cm³/mol. The average Bonchev–Trinajstić information content (AvgIpc) is 3.09. The number of piperazine rings is 1. The van der Waals surface area contributed by atoms with Gasteiger partial charge in [0.25, 0.3) is 0 Å². The number of likely N-dealkylation sites (N-methyl/N-ethyl adjacent to an activating group) is 1. The van der Waals surface area contributed by atoms with Crippen molar-refractivity contribution in [2.24, 2.45) is 0 Å². The molecule has 1 unspecified atom stereocenters. The number of aromatic nitrogens is 2. The van der Waals surface area contributed by atoms with Crippen LogP contribution in [0.15, 0.2) is 53.7 Å². The predicted octanol–water partition coefficient (Wildman–Crippen LogP) is 4.38. The molecule has 7 heteroatoms. The SMILES string of the molecule is CCN1CCN(C(=O)C(C)Sc2nc3cc(Cl)ccc3n2Cc2ccccc2)CC1. The first-order chi connectivity index (χ1) is 14.5. The molecule has 0 radical (unpaired) electrons. The molecule has 1 fully saturated rings. The van der Waals surface area contributed by atoms with Crippen LogP contribution >= 0.6 is 23.4 Å². The van der Waals surface area contributed by atoms with E-state index >= 15 is 0 Å². The first kappa shape index (κ1) is 21.2. The zero-order valence-electron chi connectivity index (χ0n) is 17.4. The van der Waals surface area contributed by atoms with Crippen LogP contribution in [0, 0.1) is 0 Å². The van der Waals surface area contributed by atoms with Gasteiger partial charge in [0.15, 0.2) is 5.16 Å². The van der Waals surface area contributed by atoms with Crippen LogP contribution < -0.4 is 0 Å². The topological polar surface area (TPSA) is 41.4 Å². The second-order valence-corrected chi connectivity index (χ2v) is 9.36. The fourth-order valence-electron chi connectivity index (χ4n) is 3.84. The summed E-state index contributed by atoms with van der Waals surface area (Å²) >= 11 is 7.73. The second kappa shape index (κ2) is 9.41. The lowest BCUT2D eigenvalue weighted by Gasteiger charge is -2.35. The Balaban J connectivity index is 1.57. The molecule has 2 heterocycles. The molecule has 1 aliphatic heterocycles. The highest BCUT2D eigenvalue weighted by molar-refractivity contribution is 8.00. The van der Waals surface area contributed by atoms with Crippen molar-refractivity contribution in [1.29, 1.82) is 0 Å². The number of fused-ring (bicyclic) bond motifs is 1. The lowest BCUT2D eigenvalue weighted by molar-refractivity contribution is -0.132. The van der Waals surface area contributed by atoms with Crippen molar-refractivity contribution in [1.82, 2.24) is 19.4 Å². The van der Waals surface area contributed by atoms with Gasteiger partial charge in [0.05, 0.1) is 22.8 Å². The molecular formula is C23H27ClN4OS. The summed E-state index contributed by atoms with van der Waals surface area (Å²) in [6.45, 7) is 9.39. The first-order valence-corrected chi connectivity index (χ1v) is 11.7. The largest absolute Gasteiger partial charge is 0.339 e. The molecule has 30 heavy (non-hydrogen) atoms. The number of benzene rings is 2. The van der Waals surface area contributed by atoms with Crippen LogP contribution in [-0.4, -0.2) is 63.2 Å². The van der Waals surface area contributed by atoms with E-state index in [9.17, 15) is 4.79 Å². The van der Waals surface area contributed by atoms with E-state index in [4.69, 9.17) is 16.6 Å². The molecule has 0 N–H and O–H groups in total. The van der Waals surface area contributed by atoms with Gasteiger partial charge in [-0.15, -0.1) is 0 Å². The monoisotopic (exact) mass is 442 g/mol. The van der Waals surface area contributed by atoms with E-state index in [0.29, 0.717) is 11.6 Å².